The van der Waals surface area contributed by atoms with Crippen molar-refractivity contribution in [3.63, 3.8) is 0 Å². The van der Waals surface area contributed by atoms with Gasteiger partial charge >= 0.3 is 5.97 Å². The third-order valence-electron chi connectivity index (χ3n) is 3.11. The summed E-state index contributed by atoms with van der Waals surface area (Å²) in [5.41, 5.74) is -0.202. The van der Waals surface area contributed by atoms with Crippen LogP contribution in [0.25, 0.3) is 0 Å². The first-order valence-electron chi connectivity index (χ1n) is 6.29. The van der Waals surface area contributed by atoms with Crippen LogP contribution in [0.1, 0.15) is 34.1 Å². The number of aromatic nitrogens is 2. The summed E-state index contributed by atoms with van der Waals surface area (Å²) in [6.07, 6.45) is 2.45. The summed E-state index contributed by atoms with van der Waals surface area (Å²) in [4.78, 5) is 10.5. The first-order valence-corrected chi connectivity index (χ1v) is 7.77. The fourth-order valence-electron chi connectivity index (χ4n) is 1.29. The molecule has 1 atom stereocenters. The minimum Gasteiger partial charge on any atom is -0.481 e. The maximum absolute atomic E-state index is 12.2. The minimum atomic E-state index is -3.64. The van der Waals surface area contributed by atoms with Gasteiger partial charge < -0.3 is 5.11 Å². The maximum atomic E-state index is 12.2. The monoisotopic (exact) mass is 303 g/mol. The smallest absolute Gasteiger partial charge is 0.305 e. The Kier molecular flexibility index (Phi) is 4.93. The summed E-state index contributed by atoms with van der Waals surface area (Å²) >= 11 is 0. The number of sulfonamides is 1. The summed E-state index contributed by atoms with van der Waals surface area (Å²) in [6.45, 7) is 7.76. The Labute approximate surface area is 119 Å². The number of aliphatic carboxylic acids is 1. The second-order valence-corrected chi connectivity index (χ2v) is 7.51. The molecule has 1 rings (SSSR count). The molecule has 114 valence electrons. The van der Waals surface area contributed by atoms with E-state index in [4.69, 9.17) is 5.11 Å². The topological polar surface area (TPSA) is 101 Å². The van der Waals surface area contributed by atoms with Crippen molar-refractivity contribution in [3.05, 3.63) is 12.4 Å². The van der Waals surface area contributed by atoms with E-state index in [2.05, 4.69) is 9.82 Å². The molecule has 0 aliphatic carbocycles. The van der Waals surface area contributed by atoms with E-state index in [1.807, 2.05) is 20.8 Å². The lowest BCUT2D eigenvalue weighted by atomic mass is 9.89. The van der Waals surface area contributed by atoms with Crippen LogP contribution in [0.3, 0.4) is 0 Å². The third kappa shape index (κ3) is 4.61. The van der Waals surface area contributed by atoms with Gasteiger partial charge in [-0.15, -0.1) is 0 Å². The number of carboxylic acids is 1. The van der Waals surface area contributed by atoms with E-state index in [1.165, 1.54) is 17.1 Å². The van der Waals surface area contributed by atoms with Crippen LogP contribution < -0.4 is 4.72 Å². The molecule has 1 aromatic rings. The van der Waals surface area contributed by atoms with Crippen molar-refractivity contribution in [1.29, 1.82) is 0 Å². The number of nitrogens with one attached hydrogen (secondary N) is 1. The van der Waals surface area contributed by atoms with Gasteiger partial charge in [-0.3, -0.25) is 9.48 Å². The van der Waals surface area contributed by atoms with E-state index < -0.39 is 16.0 Å². The molecule has 0 aromatic carbocycles. The molecular formula is C12H21N3O4S. The Morgan fingerprint density at radius 1 is 1.50 bits per heavy atom. The molecule has 0 amide bonds. The van der Waals surface area contributed by atoms with Gasteiger partial charge in [-0.2, -0.15) is 5.10 Å². The fourth-order valence-corrected chi connectivity index (χ4v) is 2.69. The second-order valence-electron chi connectivity index (χ2n) is 5.79. The first kappa shape index (κ1) is 16.6. The lowest BCUT2D eigenvalue weighted by Crippen LogP contribution is -2.41. The first-order chi connectivity index (χ1) is 9.02. The summed E-state index contributed by atoms with van der Waals surface area (Å²) in [5.74, 6) is -0.954. The molecule has 0 spiro atoms. The van der Waals surface area contributed by atoms with Crippen molar-refractivity contribution in [1.82, 2.24) is 14.5 Å². The Morgan fingerprint density at radius 3 is 2.60 bits per heavy atom. The Hall–Kier alpha value is -1.41. The fraction of sp³-hybridized carbons (Fsp3) is 0.667. The highest BCUT2D eigenvalue weighted by molar-refractivity contribution is 7.89. The molecule has 0 bridgehead atoms. The van der Waals surface area contributed by atoms with Gasteiger partial charge in [0.2, 0.25) is 10.0 Å². The van der Waals surface area contributed by atoms with E-state index in [0.29, 0.717) is 0 Å². The van der Waals surface area contributed by atoms with Crippen LogP contribution >= 0.6 is 0 Å². The molecule has 8 heteroatoms. The molecule has 0 saturated carbocycles. The van der Waals surface area contributed by atoms with Gasteiger partial charge in [0, 0.05) is 12.2 Å². The third-order valence-corrected chi connectivity index (χ3v) is 4.60. The summed E-state index contributed by atoms with van der Waals surface area (Å²) in [5, 5.41) is 12.4. The molecule has 1 heterocycles. The van der Waals surface area contributed by atoms with Gasteiger partial charge in [0.25, 0.3) is 0 Å². The highest BCUT2D eigenvalue weighted by atomic mass is 32.2. The standard InChI is InChI=1S/C12H21N3O4S/c1-9(12(2,3)4)14-20(18,19)10-7-13-15(8-10)6-5-11(16)17/h7-9,14H,5-6H2,1-4H3,(H,16,17). The van der Waals surface area contributed by atoms with Crippen LogP contribution in [-0.4, -0.2) is 35.3 Å². The van der Waals surface area contributed by atoms with Crippen LogP contribution in [0, 0.1) is 5.41 Å². The summed E-state index contributed by atoms with van der Waals surface area (Å²) < 4.78 is 28.2. The van der Waals surface area contributed by atoms with E-state index in [9.17, 15) is 13.2 Å². The summed E-state index contributed by atoms with van der Waals surface area (Å²) in [7, 11) is -3.64. The number of rotatable bonds is 6. The molecule has 1 unspecified atom stereocenters. The molecule has 7 nitrogen and oxygen atoms in total. The molecule has 0 radical (unpaired) electrons. The highest BCUT2D eigenvalue weighted by Gasteiger charge is 2.26. The minimum absolute atomic E-state index is 0.0407. The molecule has 0 fully saturated rings. The van der Waals surface area contributed by atoms with Crippen molar-refractivity contribution >= 4 is 16.0 Å². The van der Waals surface area contributed by atoms with Crippen LogP contribution in [-0.2, 0) is 21.4 Å². The number of carbonyl (C=O) groups is 1. The largest absolute Gasteiger partial charge is 0.481 e. The van der Waals surface area contributed by atoms with E-state index in [0.717, 1.165) is 0 Å². The van der Waals surface area contributed by atoms with Crippen LogP contribution in [0.4, 0.5) is 0 Å². The van der Waals surface area contributed by atoms with Gasteiger partial charge in [-0.1, -0.05) is 20.8 Å². The average Bonchev–Trinajstić information content (AvgIpc) is 2.73. The van der Waals surface area contributed by atoms with Crippen molar-refractivity contribution < 1.29 is 18.3 Å². The lowest BCUT2D eigenvalue weighted by molar-refractivity contribution is -0.137. The highest BCUT2D eigenvalue weighted by Crippen LogP contribution is 2.20. The quantitative estimate of drug-likeness (QED) is 0.818. The van der Waals surface area contributed by atoms with Gasteiger partial charge in [0.1, 0.15) is 4.90 Å². The van der Waals surface area contributed by atoms with Crippen LogP contribution in [0.15, 0.2) is 17.3 Å². The van der Waals surface area contributed by atoms with E-state index >= 15 is 0 Å². The molecule has 0 aliphatic heterocycles. The molecule has 0 saturated heterocycles. The van der Waals surface area contributed by atoms with Crippen molar-refractivity contribution in [2.45, 2.75) is 51.6 Å². The SMILES string of the molecule is CC(NS(=O)(=O)c1cnn(CCC(=O)O)c1)C(C)(C)C. The second kappa shape index (κ2) is 5.92. The number of carboxylic acid groups (broad SMARTS) is 1. The Balaban J connectivity index is 2.81. The zero-order valence-corrected chi connectivity index (χ0v) is 12.9. The zero-order chi connectivity index (χ0) is 15.6. The lowest BCUT2D eigenvalue weighted by Gasteiger charge is -2.27. The number of hydrogen-bond acceptors (Lipinski definition) is 4. The number of nitrogens with zero attached hydrogens (tertiary/aromatic N) is 2. The van der Waals surface area contributed by atoms with Crippen LogP contribution in [0.5, 0.6) is 0 Å². The Morgan fingerprint density at radius 2 is 2.10 bits per heavy atom. The molecule has 1 aromatic heterocycles. The zero-order valence-electron chi connectivity index (χ0n) is 12.1. The number of aryl methyl sites for hydroxylation is 1. The van der Waals surface area contributed by atoms with Crippen molar-refractivity contribution in [2.75, 3.05) is 0 Å². The van der Waals surface area contributed by atoms with Crippen molar-refractivity contribution in [3.8, 4) is 0 Å². The predicted octanol–water partition coefficient (Wildman–Crippen LogP) is 1.07. The molecule has 0 aliphatic rings. The van der Waals surface area contributed by atoms with Gasteiger partial charge in [0.15, 0.2) is 0 Å². The van der Waals surface area contributed by atoms with Gasteiger partial charge in [-0.25, -0.2) is 13.1 Å². The van der Waals surface area contributed by atoms with Gasteiger partial charge in [0.05, 0.1) is 19.2 Å². The average molecular weight is 303 g/mol. The predicted molar refractivity (Wildman–Crippen MR) is 73.7 cm³/mol. The number of hydrogen-bond donors (Lipinski definition) is 2. The molecule has 20 heavy (non-hydrogen) atoms. The Bertz CT molecular complexity index is 572. The molecular weight excluding hydrogens is 282 g/mol. The maximum Gasteiger partial charge on any atom is 0.305 e. The van der Waals surface area contributed by atoms with E-state index in [1.54, 1.807) is 6.92 Å². The van der Waals surface area contributed by atoms with E-state index in [-0.39, 0.29) is 29.3 Å². The molecule has 2 N–H and O–H groups in total. The van der Waals surface area contributed by atoms with Crippen LogP contribution in [0.2, 0.25) is 0 Å². The van der Waals surface area contributed by atoms with Gasteiger partial charge in [-0.05, 0) is 12.3 Å². The van der Waals surface area contributed by atoms with Crippen molar-refractivity contribution in [2.24, 2.45) is 5.41 Å². The summed E-state index contributed by atoms with van der Waals surface area (Å²) in [6, 6.07) is -0.241. The normalized spacial score (nSPS) is 14.2.